The summed E-state index contributed by atoms with van der Waals surface area (Å²) >= 11 is 3.28. The molecule has 0 spiro atoms. The molecule has 1 aromatic carbocycles. The van der Waals surface area contributed by atoms with Gasteiger partial charge in [0.15, 0.2) is 0 Å². The lowest BCUT2D eigenvalue weighted by Gasteiger charge is -2.10. The molecule has 0 unspecified atom stereocenters. The van der Waals surface area contributed by atoms with Crippen molar-refractivity contribution in [2.75, 3.05) is 27.2 Å². The smallest absolute Gasteiger partial charge is 0.124 e. The Labute approximate surface area is 105 Å². The van der Waals surface area contributed by atoms with E-state index >= 15 is 0 Å². The SMILES string of the molecule is CN(C)CCCNCc1cc(F)cc(Br)c1. The third-order valence-corrected chi connectivity index (χ3v) is 2.67. The van der Waals surface area contributed by atoms with Gasteiger partial charge in [-0.3, -0.25) is 0 Å². The molecular formula is C12H18BrFN2. The van der Waals surface area contributed by atoms with Crippen molar-refractivity contribution in [3.05, 3.63) is 34.1 Å². The molecule has 0 amide bonds. The Morgan fingerprint density at radius 1 is 1.31 bits per heavy atom. The quantitative estimate of drug-likeness (QED) is 0.810. The second-order valence-electron chi connectivity index (χ2n) is 4.11. The van der Waals surface area contributed by atoms with Crippen LogP contribution in [0.3, 0.4) is 0 Å². The lowest BCUT2D eigenvalue weighted by atomic mass is 10.2. The van der Waals surface area contributed by atoms with Crippen molar-refractivity contribution in [2.45, 2.75) is 13.0 Å². The van der Waals surface area contributed by atoms with Crippen LogP contribution in [0.15, 0.2) is 22.7 Å². The molecule has 2 nitrogen and oxygen atoms in total. The highest BCUT2D eigenvalue weighted by Gasteiger charge is 1.98. The predicted octanol–water partition coefficient (Wildman–Crippen LogP) is 2.63. The standard InChI is InChI=1S/C12H18BrFN2/c1-16(2)5-3-4-15-9-10-6-11(13)8-12(14)7-10/h6-8,15H,3-5,9H2,1-2H3. The summed E-state index contributed by atoms with van der Waals surface area (Å²) in [6.07, 6.45) is 1.10. The third kappa shape index (κ3) is 5.58. The first kappa shape index (κ1) is 13.6. The molecule has 0 aliphatic rings. The number of hydrogen-bond donors (Lipinski definition) is 1. The zero-order valence-electron chi connectivity index (χ0n) is 9.76. The number of nitrogens with one attached hydrogen (secondary N) is 1. The van der Waals surface area contributed by atoms with Crippen molar-refractivity contribution >= 4 is 15.9 Å². The van der Waals surface area contributed by atoms with E-state index in [4.69, 9.17) is 0 Å². The van der Waals surface area contributed by atoms with Gasteiger partial charge in [0.2, 0.25) is 0 Å². The molecule has 0 atom stereocenters. The Bertz CT molecular complexity index is 309. The number of halogens is 2. The van der Waals surface area contributed by atoms with E-state index in [1.54, 1.807) is 6.07 Å². The van der Waals surface area contributed by atoms with Crippen LogP contribution in [0.1, 0.15) is 12.0 Å². The van der Waals surface area contributed by atoms with Crippen molar-refractivity contribution in [1.82, 2.24) is 10.2 Å². The van der Waals surface area contributed by atoms with Crippen LogP contribution in [-0.2, 0) is 6.54 Å². The third-order valence-electron chi connectivity index (χ3n) is 2.21. The van der Waals surface area contributed by atoms with Gasteiger partial charge >= 0.3 is 0 Å². The monoisotopic (exact) mass is 288 g/mol. The molecule has 0 radical (unpaired) electrons. The van der Waals surface area contributed by atoms with E-state index < -0.39 is 0 Å². The zero-order valence-corrected chi connectivity index (χ0v) is 11.3. The molecule has 1 rings (SSSR count). The van der Waals surface area contributed by atoms with Crippen molar-refractivity contribution in [1.29, 1.82) is 0 Å². The number of benzene rings is 1. The fourth-order valence-corrected chi connectivity index (χ4v) is 1.98. The van der Waals surface area contributed by atoms with Crippen LogP contribution in [-0.4, -0.2) is 32.1 Å². The van der Waals surface area contributed by atoms with E-state index in [9.17, 15) is 4.39 Å². The number of nitrogens with zero attached hydrogens (tertiary/aromatic N) is 1. The van der Waals surface area contributed by atoms with Crippen LogP contribution >= 0.6 is 15.9 Å². The molecule has 0 saturated carbocycles. The number of hydrogen-bond acceptors (Lipinski definition) is 2. The average Bonchev–Trinajstić information content (AvgIpc) is 2.15. The first-order chi connectivity index (χ1) is 7.58. The van der Waals surface area contributed by atoms with Crippen molar-refractivity contribution in [3.8, 4) is 0 Å². The summed E-state index contributed by atoms with van der Waals surface area (Å²) in [4.78, 5) is 2.15. The molecule has 0 aliphatic heterocycles. The highest BCUT2D eigenvalue weighted by Crippen LogP contribution is 2.14. The van der Waals surface area contributed by atoms with Crippen LogP contribution in [0.25, 0.3) is 0 Å². The molecule has 0 fully saturated rings. The first-order valence-corrected chi connectivity index (χ1v) is 6.17. The van der Waals surface area contributed by atoms with Crippen LogP contribution in [0.2, 0.25) is 0 Å². The van der Waals surface area contributed by atoms with Gasteiger partial charge in [0.05, 0.1) is 0 Å². The summed E-state index contributed by atoms with van der Waals surface area (Å²) in [6, 6.07) is 4.96. The Kier molecular flexibility index (Phi) is 5.95. The first-order valence-electron chi connectivity index (χ1n) is 5.38. The molecule has 0 aromatic heterocycles. The van der Waals surface area contributed by atoms with E-state index in [0.29, 0.717) is 6.54 Å². The predicted molar refractivity (Wildman–Crippen MR) is 69.0 cm³/mol. The molecular weight excluding hydrogens is 271 g/mol. The highest BCUT2D eigenvalue weighted by atomic mass is 79.9. The fourth-order valence-electron chi connectivity index (χ4n) is 1.47. The maximum absolute atomic E-state index is 13.0. The maximum atomic E-state index is 13.0. The van der Waals surface area contributed by atoms with Gasteiger partial charge in [0, 0.05) is 11.0 Å². The minimum absolute atomic E-state index is 0.195. The fraction of sp³-hybridized carbons (Fsp3) is 0.500. The van der Waals surface area contributed by atoms with Crippen LogP contribution in [0.5, 0.6) is 0 Å². The summed E-state index contributed by atoms with van der Waals surface area (Å²) in [7, 11) is 4.12. The van der Waals surface area contributed by atoms with Crippen LogP contribution < -0.4 is 5.32 Å². The van der Waals surface area contributed by atoms with Gasteiger partial charge in [0.1, 0.15) is 5.82 Å². The Balaban J connectivity index is 2.26. The summed E-state index contributed by atoms with van der Waals surface area (Å²) in [5.74, 6) is -0.195. The highest BCUT2D eigenvalue weighted by molar-refractivity contribution is 9.10. The van der Waals surface area contributed by atoms with Gasteiger partial charge in [-0.15, -0.1) is 0 Å². The Hall–Kier alpha value is -0.450. The maximum Gasteiger partial charge on any atom is 0.124 e. The zero-order chi connectivity index (χ0) is 12.0. The normalized spacial score (nSPS) is 11.1. The molecule has 1 N–H and O–H groups in total. The molecule has 0 saturated heterocycles. The Morgan fingerprint density at radius 2 is 2.06 bits per heavy atom. The topological polar surface area (TPSA) is 15.3 Å². The van der Waals surface area contributed by atoms with Gasteiger partial charge in [0.25, 0.3) is 0 Å². The van der Waals surface area contributed by atoms with Crippen LogP contribution in [0, 0.1) is 5.82 Å². The molecule has 90 valence electrons. The molecule has 0 bridgehead atoms. The molecule has 0 heterocycles. The van der Waals surface area contributed by atoms with E-state index in [1.165, 1.54) is 6.07 Å². The summed E-state index contributed by atoms with van der Waals surface area (Å²) in [6.45, 7) is 2.73. The van der Waals surface area contributed by atoms with E-state index in [2.05, 4.69) is 40.2 Å². The van der Waals surface area contributed by atoms with Gasteiger partial charge in [-0.25, -0.2) is 4.39 Å². The van der Waals surface area contributed by atoms with Gasteiger partial charge in [-0.2, -0.15) is 0 Å². The Morgan fingerprint density at radius 3 is 2.69 bits per heavy atom. The van der Waals surface area contributed by atoms with Gasteiger partial charge in [-0.05, 0) is 57.4 Å². The lowest BCUT2D eigenvalue weighted by molar-refractivity contribution is 0.394. The average molecular weight is 289 g/mol. The second kappa shape index (κ2) is 6.99. The van der Waals surface area contributed by atoms with E-state index in [-0.39, 0.29) is 5.82 Å². The second-order valence-corrected chi connectivity index (χ2v) is 5.03. The summed E-state index contributed by atoms with van der Waals surface area (Å²) in [5, 5.41) is 3.30. The minimum atomic E-state index is -0.195. The molecule has 16 heavy (non-hydrogen) atoms. The van der Waals surface area contributed by atoms with Crippen LogP contribution in [0.4, 0.5) is 4.39 Å². The van der Waals surface area contributed by atoms with E-state index in [1.807, 2.05) is 6.07 Å². The molecule has 1 aromatic rings. The molecule has 4 heteroatoms. The minimum Gasteiger partial charge on any atom is -0.313 e. The van der Waals surface area contributed by atoms with E-state index in [0.717, 1.165) is 29.5 Å². The lowest BCUT2D eigenvalue weighted by Crippen LogP contribution is -2.21. The van der Waals surface area contributed by atoms with Crippen molar-refractivity contribution in [2.24, 2.45) is 0 Å². The summed E-state index contributed by atoms with van der Waals surface area (Å²) in [5.41, 5.74) is 0.969. The van der Waals surface area contributed by atoms with Gasteiger partial charge in [-0.1, -0.05) is 15.9 Å². The van der Waals surface area contributed by atoms with Gasteiger partial charge < -0.3 is 10.2 Å². The van der Waals surface area contributed by atoms with Crippen molar-refractivity contribution in [3.63, 3.8) is 0 Å². The van der Waals surface area contributed by atoms with Crippen molar-refractivity contribution < 1.29 is 4.39 Å². The number of rotatable bonds is 6. The molecule has 0 aliphatic carbocycles. The largest absolute Gasteiger partial charge is 0.313 e. The summed E-state index contributed by atoms with van der Waals surface area (Å²) < 4.78 is 13.8.